The lowest BCUT2D eigenvalue weighted by molar-refractivity contribution is -0.125. The standard InChI is InChI=1S/C9H15NO/c1-7(2)8-4-5-10(3)9(11)6-8/h6-7H,4-5H2,1-3H3. The van der Waals surface area contributed by atoms with Crippen LogP contribution >= 0.6 is 0 Å². The van der Waals surface area contributed by atoms with Gasteiger partial charge in [0.25, 0.3) is 0 Å². The van der Waals surface area contributed by atoms with E-state index in [1.54, 1.807) is 11.0 Å². The zero-order chi connectivity index (χ0) is 8.43. The van der Waals surface area contributed by atoms with Crippen LogP contribution in [0.4, 0.5) is 0 Å². The fraction of sp³-hybridized carbons (Fsp3) is 0.667. The topological polar surface area (TPSA) is 20.3 Å². The molecular formula is C9H15NO. The molecule has 0 N–H and O–H groups in total. The first-order chi connectivity index (χ1) is 5.11. The number of carbonyl (C=O) groups is 1. The molecular weight excluding hydrogens is 138 g/mol. The summed E-state index contributed by atoms with van der Waals surface area (Å²) in [6, 6.07) is 0. The van der Waals surface area contributed by atoms with Crippen molar-refractivity contribution in [1.82, 2.24) is 4.90 Å². The summed E-state index contributed by atoms with van der Waals surface area (Å²) in [4.78, 5) is 12.9. The first-order valence-electron chi connectivity index (χ1n) is 4.07. The summed E-state index contributed by atoms with van der Waals surface area (Å²) in [6.07, 6.45) is 2.81. The quantitative estimate of drug-likeness (QED) is 0.558. The fourth-order valence-electron chi connectivity index (χ4n) is 1.20. The van der Waals surface area contributed by atoms with Gasteiger partial charge in [0.1, 0.15) is 0 Å². The van der Waals surface area contributed by atoms with Crippen LogP contribution < -0.4 is 0 Å². The van der Waals surface area contributed by atoms with Crippen molar-refractivity contribution in [3.63, 3.8) is 0 Å². The van der Waals surface area contributed by atoms with Crippen molar-refractivity contribution in [1.29, 1.82) is 0 Å². The Labute approximate surface area is 67.9 Å². The highest BCUT2D eigenvalue weighted by molar-refractivity contribution is 5.89. The van der Waals surface area contributed by atoms with Gasteiger partial charge < -0.3 is 4.90 Å². The van der Waals surface area contributed by atoms with Crippen LogP contribution in [0.2, 0.25) is 0 Å². The molecule has 1 rings (SSSR count). The van der Waals surface area contributed by atoms with E-state index in [1.165, 1.54) is 5.57 Å². The van der Waals surface area contributed by atoms with Crippen LogP contribution in [-0.2, 0) is 4.79 Å². The Kier molecular flexibility index (Phi) is 2.32. The van der Waals surface area contributed by atoms with E-state index in [0.29, 0.717) is 5.92 Å². The van der Waals surface area contributed by atoms with Crippen molar-refractivity contribution < 1.29 is 4.79 Å². The normalized spacial score (nSPS) is 19.1. The number of rotatable bonds is 1. The van der Waals surface area contributed by atoms with E-state index >= 15 is 0 Å². The zero-order valence-corrected chi connectivity index (χ0v) is 7.42. The molecule has 1 heterocycles. The fourth-order valence-corrected chi connectivity index (χ4v) is 1.20. The van der Waals surface area contributed by atoms with Gasteiger partial charge in [0, 0.05) is 19.7 Å². The Morgan fingerprint density at radius 3 is 2.64 bits per heavy atom. The Bertz CT molecular complexity index is 194. The molecule has 0 aromatic heterocycles. The first kappa shape index (κ1) is 8.31. The number of carbonyl (C=O) groups excluding carboxylic acids is 1. The van der Waals surface area contributed by atoms with Gasteiger partial charge in [0.2, 0.25) is 5.91 Å². The minimum Gasteiger partial charge on any atom is -0.342 e. The molecule has 1 aliphatic heterocycles. The highest BCUT2D eigenvalue weighted by Crippen LogP contribution is 2.18. The van der Waals surface area contributed by atoms with Crippen molar-refractivity contribution in [2.24, 2.45) is 5.92 Å². The first-order valence-corrected chi connectivity index (χ1v) is 4.07. The van der Waals surface area contributed by atoms with E-state index in [0.717, 1.165) is 13.0 Å². The molecule has 0 fully saturated rings. The van der Waals surface area contributed by atoms with Gasteiger partial charge in [-0.2, -0.15) is 0 Å². The number of hydrogen-bond acceptors (Lipinski definition) is 1. The van der Waals surface area contributed by atoms with Gasteiger partial charge >= 0.3 is 0 Å². The van der Waals surface area contributed by atoms with Gasteiger partial charge in [-0.3, -0.25) is 4.79 Å². The van der Waals surface area contributed by atoms with E-state index in [9.17, 15) is 4.79 Å². The Morgan fingerprint density at radius 2 is 2.18 bits per heavy atom. The minimum absolute atomic E-state index is 0.153. The highest BCUT2D eigenvalue weighted by Gasteiger charge is 2.15. The Balaban J connectivity index is 2.71. The van der Waals surface area contributed by atoms with E-state index in [2.05, 4.69) is 13.8 Å². The Morgan fingerprint density at radius 1 is 1.55 bits per heavy atom. The van der Waals surface area contributed by atoms with Gasteiger partial charge in [0.05, 0.1) is 0 Å². The van der Waals surface area contributed by atoms with E-state index in [-0.39, 0.29) is 5.91 Å². The van der Waals surface area contributed by atoms with E-state index in [4.69, 9.17) is 0 Å². The van der Waals surface area contributed by atoms with Crippen molar-refractivity contribution >= 4 is 5.91 Å². The molecule has 1 aliphatic rings. The summed E-state index contributed by atoms with van der Waals surface area (Å²) >= 11 is 0. The third-order valence-corrected chi connectivity index (χ3v) is 2.16. The number of likely N-dealkylation sites (N-methyl/N-ethyl adjacent to an activating group) is 1. The van der Waals surface area contributed by atoms with E-state index in [1.807, 2.05) is 7.05 Å². The number of amides is 1. The van der Waals surface area contributed by atoms with Crippen LogP contribution in [0.15, 0.2) is 11.6 Å². The molecule has 0 aromatic carbocycles. The molecule has 0 atom stereocenters. The van der Waals surface area contributed by atoms with Gasteiger partial charge in [-0.15, -0.1) is 0 Å². The summed E-state index contributed by atoms with van der Waals surface area (Å²) in [6.45, 7) is 5.14. The number of hydrogen-bond donors (Lipinski definition) is 0. The van der Waals surface area contributed by atoms with Crippen LogP contribution in [0.25, 0.3) is 0 Å². The molecule has 0 unspecified atom stereocenters. The lowest BCUT2D eigenvalue weighted by Gasteiger charge is -2.23. The van der Waals surface area contributed by atoms with Crippen LogP contribution in [0, 0.1) is 5.92 Å². The maximum atomic E-state index is 11.2. The SMILES string of the molecule is CC(C)C1=CC(=O)N(C)CC1. The monoisotopic (exact) mass is 153 g/mol. The second-order valence-corrected chi connectivity index (χ2v) is 3.38. The molecule has 0 aromatic rings. The summed E-state index contributed by atoms with van der Waals surface area (Å²) in [5.74, 6) is 0.674. The van der Waals surface area contributed by atoms with Crippen LogP contribution in [-0.4, -0.2) is 24.4 Å². The second-order valence-electron chi connectivity index (χ2n) is 3.38. The molecule has 2 nitrogen and oxygen atoms in total. The molecule has 1 amide bonds. The van der Waals surface area contributed by atoms with Gasteiger partial charge in [-0.05, 0) is 12.3 Å². The van der Waals surface area contributed by atoms with Gasteiger partial charge in [0.15, 0.2) is 0 Å². The summed E-state index contributed by atoms with van der Waals surface area (Å²) in [7, 11) is 1.84. The van der Waals surface area contributed by atoms with Crippen molar-refractivity contribution in [3.8, 4) is 0 Å². The second kappa shape index (κ2) is 3.07. The van der Waals surface area contributed by atoms with E-state index < -0.39 is 0 Å². The molecule has 11 heavy (non-hydrogen) atoms. The Hall–Kier alpha value is -0.790. The van der Waals surface area contributed by atoms with Crippen LogP contribution in [0.1, 0.15) is 20.3 Å². The average Bonchev–Trinajstić information content (AvgIpc) is 1.94. The zero-order valence-electron chi connectivity index (χ0n) is 7.42. The molecule has 0 aliphatic carbocycles. The van der Waals surface area contributed by atoms with Crippen molar-refractivity contribution in [2.45, 2.75) is 20.3 Å². The maximum absolute atomic E-state index is 11.2. The summed E-state index contributed by atoms with van der Waals surface area (Å²) in [5, 5.41) is 0. The minimum atomic E-state index is 0.153. The molecule has 0 saturated carbocycles. The van der Waals surface area contributed by atoms with Crippen molar-refractivity contribution in [3.05, 3.63) is 11.6 Å². The lowest BCUT2D eigenvalue weighted by atomic mass is 9.97. The molecule has 2 heteroatoms. The van der Waals surface area contributed by atoms with Gasteiger partial charge in [-0.25, -0.2) is 0 Å². The third kappa shape index (κ3) is 1.82. The van der Waals surface area contributed by atoms with Crippen LogP contribution in [0.5, 0.6) is 0 Å². The van der Waals surface area contributed by atoms with Crippen LogP contribution in [0.3, 0.4) is 0 Å². The predicted octanol–water partition coefficient (Wildman–Crippen LogP) is 1.43. The molecule has 0 bridgehead atoms. The molecule has 0 spiro atoms. The third-order valence-electron chi connectivity index (χ3n) is 2.16. The largest absolute Gasteiger partial charge is 0.342 e. The summed E-state index contributed by atoms with van der Waals surface area (Å²) in [5.41, 5.74) is 1.29. The van der Waals surface area contributed by atoms with Gasteiger partial charge in [-0.1, -0.05) is 19.4 Å². The predicted molar refractivity (Wildman–Crippen MR) is 45.2 cm³/mol. The number of nitrogens with zero attached hydrogens (tertiary/aromatic N) is 1. The maximum Gasteiger partial charge on any atom is 0.246 e. The average molecular weight is 153 g/mol. The smallest absolute Gasteiger partial charge is 0.246 e. The summed E-state index contributed by atoms with van der Waals surface area (Å²) < 4.78 is 0. The van der Waals surface area contributed by atoms with Crippen molar-refractivity contribution in [2.75, 3.05) is 13.6 Å². The molecule has 0 saturated heterocycles. The molecule has 62 valence electrons. The molecule has 0 radical (unpaired) electrons. The highest BCUT2D eigenvalue weighted by atomic mass is 16.2. The lowest BCUT2D eigenvalue weighted by Crippen LogP contribution is -2.30.